The molecule has 0 amide bonds. The Balaban J connectivity index is 2.00. The number of β-amino-alcohol motifs (C(OH)–C–C–N with tert-alkyl or cyclic N) is 1. The minimum absolute atomic E-state index is 0.0529. The van der Waals surface area contributed by atoms with Gasteiger partial charge in [-0.1, -0.05) is 13.0 Å². The van der Waals surface area contributed by atoms with E-state index in [9.17, 15) is 10.2 Å². The molecular formula is C14H19N3O2. The Bertz CT molecular complexity index is 581. The van der Waals surface area contributed by atoms with E-state index in [1.165, 1.54) is 0 Å². The van der Waals surface area contributed by atoms with Gasteiger partial charge in [-0.05, 0) is 24.5 Å². The number of imidazole rings is 1. The molecule has 0 spiro atoms. The lowest BCUT2D eigenvalue weighted by Gasteiger charge is -2.34. The Morgan fingerprint density at radius 1 is 1.42 bits per heavy atom. The van der Waals surface area contributed by atoms with Gasteiger partial charge in [-0.2, -0.15) is 0 Å². The van der Waals surface area contributed by atoms with E-state index in [0.717, 1.165) is 30.1 Å². The number of rotatable bonds is 2. The van der Waals surface area contributed by atoms with Crippen molar-refractivity contribution in [2.45, 2.75) is 26.1 Å². The first-order valence-corrected chi connectivity index (χ1v) is 6.70. The summed E-state index contributed by atoms with van der Waals surface area (Å²) in [6, 6.07) is 5.77. The highest BCUT2D eigenvalue weighted by Gasteiger charge is 2.27. The van der Waals surface area contributed by atoms with Crippen molar-refractivity contribution in [1.29, 1.82) is 0 Å². The van der Waals surface area contributed by atoms with Crippen molar-refractivity contribution in [2.75, 3.05) is 18.0 Å². The zero-order chi connectivity index (χ0) is 13.4. The summed E-state index contributed by atoms with van der Waals surface area (Å²) in [5, 5.41) is 19.6. The molecule has 1 aliphatic heterocycles. The number of fused-ring (bicyclic) bond motifs is 1. The van der Waals surface area contributed by atoms with Crippen molar-refractivity contribution in [3.05, 3.63) is 30.1 Å². The van der Waals surface area contributed by atoms with E-state index >= 15 is 0 Å². The third kappa shape index (κ3) is 2.09. The molecule has 1 fully saturated rings. The lowest BCUT2D eigenvalue weighted by molar-refractivity contribution is 0.102. The van der Waals surface area contributed by atoms with Crippen LogP contribution in [0.4, 0.5) is 5.82 Å². The van der Waals surface area contributed by atoms with E-state index in [-0.39, 0.29) is 12.7 Å². The van der Waals surface area contributed by atoms with E-state index in [1.807, 2.05) is 28.8 Å². The summed E-state index contributed by atoms with van der Waals surface area (Å²) >= 11 is 0. The third-order valence-corrected chi connectivity index (χ3v) is 3.98. The molecule has 0 bridgehead atoms. The van der Waals surface area contributed by atoms with Crippen LogP contribution in [0.2, 0.25) is 0 Å². The van der Waals surface area contributed by atoms with Gasteiger partial charge >= 0.3 is 0 Å². The fraction of sp³-hybridized carbons (Fsp3) is 0.500. The highest BCUT2D eigenvalue weighted by Crippen LogP contribution is 2.26. The molecule has 3 heterocycles. The van der Waals surface area contributed by atoms with Gasteiger partial charge in [-0.3, -0.25) is 4.40 Å². The summed E-state index contributed by atoms with van der Waals surface area (Å²) in [5.41, 5.74) is 1.62. The molecule has 5 nitrogen and oxygen atoms in total. The molecule has 2 N–H and O–H groups in total. The number of pyridine rings is 1. The van der Waals surface area contributed by atoms with Gasteiger partial charge in [0, 0.05) is 19.3 Å². The van der Waals surface area contributed by atoms with Gasteiger partial charge in [0.1, 0.15) is 5.65 Å². The highest BCUT2D eigenvalue weighted by molar-refractivity contribution is 5.56. The molecular weight excluding hydrogens is 242 g/mol. The fourth-order valence-corrected chi connectivity index (χ4v) is 2.68. The molecule has 2 aromatic heterocycles. The molecule has 2 aromatic rings. The first-order chi connectivity index (χ1) is 9.20. The average Bonchev–Trinajstić information content (AvgIpc) is 2.80. The normalized spacial score (nSPS) is 24.1. The van der Waals surface area contributed by atoms with Crippen LogP contribution in [0.1, 0.15) is 19.0 Å². The monoisotopic (exact) mass is 261 g/mol. The van der Waals surface area contributed by atoms with E-state index in [0.29, 0.717) is 12.5 Å². The molecule has 0 aliphatic carbocycles. The van der Waals surface area contributed by atoms with Crippen molar-refractivity contribution < 1.29 is 10.2 Å². The van der Waals surface area contributed by atoms with Gasteiger partial charge in [-0.25, -0.2) is 4.98 Å². The Morgan fingerprint density at radius 2 is 2.26 bits per heavy atom. The van der Waals surface area contributed by atoms with Crippen LogP contribution >= 0.6 is 0 Å². The van der Waals surface area contributed by atoms with Crippen LogP contribution in [0.25, 0.3) is 5.65 Å². The minimum atomic E-state index is -0.329. The number of hydrogen-bond acceptors (Lipinski definition) is 4. The van der Waals surface area contributed by atoms with E-state index in [2.05, 4.69) is 16.8 Å². The quantitative estimate of drug-likeness (QED) is 0.848. The van der Waals surface area contributed by atoms with Crippen LogP contribution < -0.4 is 4.90 Å². The fourth-order valence-electron chi connectivity index (χ4n) is 2.68. The molecule has 0 saturated carbocycles. The molecule has 1 saturated heterocycles. The number of anilines is 1. The third-order valence-electron chi connectivity index (χ3n) is 3.98. The van der Waals surface area contributed by atoms with Gasteiger partial charge in [0.05, 0.1) is 18.4 Å². The Kier molecular flexibility index (Phi) is 3.16. The van der Waals surface area contributed by atoms with Crippen LogP contribution in [0.15, 0.2) is 24.4 Å². The molecule has 1 aliphatic rings. The van der Waals surface area contributed by atoms with Crippen LogP contribution in [0.5, 0.6) is 0 Å². The largest absolute Gasteiger partial charge is 0.391 e. The smallest absolute Gasteiger partial charge is 0.153 e. The maximum Gasteiger partial charge on any atom is 0.153 e. The zero-order valence-electron chi connectivity index (χ0n) is 11.0. The SMILES string of the molecule is CC1CCN(c2nc3ccccn3c2CO)CC1O. The number of nitrogens with zero attached hydrogens (tertiary/aromatic N) is 3. The number of hydrogen-bond donors (Lipinski definition) is 2. The Labute approximate surface area is 112 Å². The van der Waals surface area contributed by atoms with Gasteiger partial charge in [0.25, 0.3) is 0 Å². The molecule has 2 atom stereocenters. The second kappa shape index (κ2) is 4.83. The molecule has 0 radical (unpaired) electrons. The first kappa shape index (κ1) is 12.4. The molecule has 0 aromatic carbocycles. The van der Waals surface area contributed by atoms with E-state index in [4.69, 9.17) is 0 Å². The molecule has 102 valence electrons. The van der Waals surface area contributed by atoms with Gasteiger partial charge < -0.3 is 15.1 Å². The van der Waals surface area contributed by atoms with Crippen molar-refractivity contribution in [3.63, 3.8) is 0 Å². The second-order valence-electron chi connectivity index (χ2n) is 5.25. The standard InChI is InChI=1S/C14H19N3O2/c1-10-5-7-16(8-12(10)19)14-11(9-18)17-6-3-2-4-13(17)15-14/h2-4,6,10,12,18-19H,5,7-9H2,1H3. The van der Waals surface area contributed by atoms with Gasteiger partial charge in [0.2, 0.25) is 0 Å². The Morgan fingerprint density at radius 3 is 3.00 bits per heavy atom. The van der Waals surface area contributed by atoms with Crippen molar-refractivity contribution in [3.8, 4) is 0 Å². The van der Waals surface area contributed by atoms with Gasteiger partial charge in [0.15, 0.2) is 5.82 Å². The van der Waals surface area contributed by atoms with Crippen molar-refractivity contribution in [2.24, 2.45) is 5.92 Å². The molecule has 5 heteroatoms. The van der Waals surface area contributed by atoms with Crippen LogP contribution in [-0.2, 0) is 6.61 Å². The lowest BCUT2D eigenvalue weighted by Crippen LogP contribution is -2.43. The highest BCUT2D eigenvalue weighted by atomic mass is 16.3. The summed E-state index contributed by atoms with van der Waals surface area (Å²) in [6.45, 7) is 3.47. The summed E-state index contributed by atoms with van der Waals surface area (Å²) in [4.78, 5) is 6.66. The average molecular weight is 261 g/mol. The topological polar surface area (TPSA) is 61.0 Å². The van der Waals surface area contributed by atoms with Crippen molar-refractivity contribution >= 4 is 11.5 Å². The maximum atomic E-state index is 10.0. The van der Waals surface area contributed by atoms with Crippen molar-refractivity contribution in [1.82, 2.24) is 9.38 Å². The summed E-state index contributed by atoms with van der Waals surface area (Å²) in [6.07, 6.45) is 2.52. The lowest BCUT2D eigenvalue weighted by atomic mass is 9.96. The predicted molar refractivity (Wildman–Crippen MR) is 73.1 cm³/mol. The van der Waals surface area contributed by atoms with Crippen LogP contribution in [0.3, 0.4) is 0 Å². The number of aliphatic hydroxyl groups excluding tert-OH is 2. The summed E-state index contributed by atoms with van der Waals surface area (Å²) in [5.74, 6) is 1.12. The van der Waals surface area contributed by atoms with E-state index in [1.54, 1.807) is 0 Å². The first-order valence-electron chi connectivity index (χ1n) is 6.70. The second-order valence-corrected chi connectivity index (χ2v) is 5.25. The predicted octanol–water partition coefficient (Wildman–Crippen LogP) is 1.03. The molecule has 19 heavy (non-hydrogen) atoms. The number of aliphatic hydroxyl groups is 2. The molecule has 3 rings (SSSR count). The molecule has 2 unspecified atom stereocenters. The maximum absolute atomic E-state index is 10.0. The number of aromatic nitrogens is 2. The van der Waals surface area contributed by atoms with Gasteiger partial charge in [-0.15, -0.1) is 0 Å². The minimum Gasteiger partial charge on any atom is -0.391 e. The number of piperidine rings is 1. The van der Waals surface area contributed by atoms with Crippen LogP contribution in [-0.4, -0.2) is 38.8 Å². The Hall–Kier alpha value is -1.59. The zero-order valence-corrected chi connectivity index (χ0v) is 11.0. The summed E-state index contributed by atoms with van der Waals surface area (Å²) < 4.78 is 1.90. The van der Waals surface area contributed by atoms with E-state index < -0.39 is 0 Å². The summed E-state index contributed by atoms with van der Waals surface area (Å²) in [7, 11) is 0. The van der Waals surface area contributed by atoms with Crippen LogP contribution in [0, 0.1) is 5.92 Å².